The molecule has 4 nitrogen and oxygen atoms in total. The van der Waals surface area contributed by atoms with Crippen molar-refractivity contribution in [3.63, 3.8) is 0 Å². The third-order valence-electron chi connectivity index (χ3n) is 4.18. The number of pyridine rings is 1. The number of ether oxygens (including phenoxy) is 1. The molecular formula is C20H15ClF5N3O. The van der Waals surface area contributed by atoms with Gasteiger partial charge in [0.15, 0.2) is 0 Å². The number of hydrogen-bond acceptors (Lipinski definition) is 4. The number of nitrogens with zero attached hydrogens (tertiary/aromatic N) is 3. The number of aryl methyl sites for hydroxylation is 2. The Hall–Kier alpha value is -2.81. The summed E-state index contributed by atoms with van der Waals surface area (Å²) >= 11 is 5.92. The smallest absolute Gasteiger partial charge is 0.416 e. The zero-order valence-electron chi connectivity index (χ0n) is 15.3. The third kappa shape index (κ3) is 5.63. The van der Waals surface area contributed by atoms with Gasteiger partial charge < -0.3 is 4.74 Å². The lowest BCUT2D eigenvalue weighted by Gasteiger charge is -2.09. The van der Waals surface area contributed by atoms with Gasteiger partial charge in [0.1, 0.15) is 17.8 Å². The average molecular weight is 444 g/mol. The van der Waals surface area contributed by atoms with Crippen molar-refractivity contribution in [3.05, 3.63) is 76.5 Å². The average Bonchev–Trinajstić information content (AvgIpc) is 2.70. The summed E-state index contributed by atoms with van der Waals surface area (Å²) in [6.07, 6.45) is -2.94. The first-order valence-corrected chi connectivity index (χ1v) is 9.19. The van der Waals surface area contributed by atoms with E-state index in [2.05, 4.69) is 15.0 Å². The zero-order chi connectivity index (χ0) is 21.7. The van der Waals surface area contributed by atoms with Crippen LogP contribution in [-0.4, -0.2) is 15.0 Å². The molecule has 0 saturated heterocycles. The van der Waals surface area contributed by atoms with Crippen molar-refractivity contribution in [2.45, 2.75) is 31.9 Å². The van der Waals surface area contributed by atoms with E-state index in [1.165, 1.54) is 12.1 Å². The van der Waals surface area contributed by atoms with E-state index >= 15 is 0 Å². The molecule has 3 rings (SSSR count). The van der Waals surface area contributed by atoms with Crippen LogP contribution in [0.15, 0.2) is 48.9 Å². The summed E-state index contributed by atoms with van der Waals surface area (Å²) in [6.45, 7) is 0. The van der Waals surface area contributed by atoms with Crippen LogP contribution in [0.3, 0.4) is 0 Å². The highest BCUT2D eigenvalue weighted by molar-refractivity contribution is 6.31. The van der Waals surface area contributed by atoms with Gasteiger partial charge in [0.2, 0.25) is 5.88 Å². The summed E-state index contributed by atoms with van der Waals surface area (Å²) in [6, 6.07) is 7.66. The van der Waals surface area contributed by atoms with E-state index in [1.807, 2.05) is 0 Å². The van der Waals surface area contributed by atoms with Crippen molar-refractivity contribution >= 4 is 11.6 Å². The van der Waals surface area contributed by atoms with Gasteiger partial charge in [-0.15, -0.1) is 0 Å². The molecule has 0 fully saturated rings. The van der Waals surface area contributed by atoms with Crippen molar-refractivity contribution in [1.82, 2.24) is 15.0 Å². The van der Waals surface area contributed by atoms with Gasteiger partial charge in [-0.3, -0.25) is 0 Å². The molecule has 0 saturated carbocycles. The van der Waals surface area contributed by atoms with Crippen molar-refractivity contribution < 1.29 is 26.7 Å². The minimum absolute atomic E-state index is 0.120. The molecule has 2 heterocycles. The lowest BCUT2D eigenvalue weighted by molar-refractivity contribution is -0.137. The molecule has 0 spiro atoms. The van der Waals surface area contributed by atoms with Crippen molar-refractivity contribution in [1.29, 1.82) is 0 Å². The molecule has 3 aromatic rings. The number of hydrogen-bond donors (Lipinski definition) is 0. The Balaban J connectivity index is 1.54. The Bertz CT molecular complexity index is 979. The fraction of sp³-hybridized carbons (Fsp3) is 0.250. The lowest BCUT2D eigenvalue weighted by atomic mass is 10.1. The minimum atomic E-state index is -4.41. The van der Waals surface area contributed by atoms with E-state index < -0.39 is 23.9 Å². The van der Waals surface area contributed by atoms with E-state index in [9.17, 15) is 22.0 Å². The van der Waals surface area contributed by atoms with E-state index in [4.69, 9.17) is 16.3 Å². The molecule has 0 amide bonds. The molecule has 30 heavy (non-hydrogen) atoms. The van der Waals surface area contributed by atoms with Crippen LogP contribution in [0.5, 0.6) is 11.6 Å². The summed E-state index contributed by atoms with van der Waals surface area (Å²) in [5.41, 5.74) is -0.0121. The quantitative estimate of drug-likeness (QED) is 0.394. The second kappa shape index (κ2) is 9.34. The van der Waals surface area contributed by atoms with E-state index in [-0.39, 0.29) is 16.7 Å². The molecule has 0 N–H and O–H groups in total. The van der Waals surface area contributed by atoms with Crippen LogP contribution >= 0.6 is 11.6 Å². The maximum absolute atomic E-state index is 12.8. The molecule has 0 radical (unpaired) electrons. The first-order valence-electron chi connectivity index (χ1n) is 8.81. The second-order valence-corrected chi connectivity index (χ2v) is 6.68. The molecule has 158 valence electrons. The first-order chi connectivity index (χ1) is 14.2. The minimum Gasteiger partial charge on any atom is -0.439 e. The van der Waals surface area contributed by atoms with Crippen molar-refractivity contribution in [2.24, 2.45) is 0 Å². The number of halogens is 6. The van der Waals surface area contributed by atoms with Gasteiger partial charge in [0.05, 0.1) is 16.3 Å². The topological polar surface area (TPSA) is 47.9 Å². The van der Waals surface area contributed by atoms with E-state index in [0.717, 1.165) is 24.0 Å². The van der Waals surface area contributed by atoms with Gasteiger partial charge in [-0.05, 0) is 49.1 Å². The van der Waals surface area contributed by atoms with Crippen LogP contribution in [0.4, 0.5) is 22.0 Å². The Labute approximate surface area is 173 Å². The highest BCUT2D eigenvalue weighted by Crippen LogP contribution is 2.31. The monoisotopic (exact) mass is 443 g/mol. The SMILES string of the molecule is FC(F)c1ncnc(CCCc2ccc(Oc3ccc(C(F)(F)F)cc3)nc2)c1Cl. The third-order valence-corrected chi connectivity index (χ3v) is 4.59. The van der Waals surface area contributed by atoms with Crippen LogP contribution in [-0.2, 0) is 19.0 Å². The molecule has 1 aromatic carbocycles. The summed E-state index contributed by atoms with van der Waals surface area (Å²) in [5, 5.41) is -0.120. The normalized spacial score (nSPS) is 11.7. The summed E-state index contributed by atoms with van der Waals surface area (Å²) in [7, 11) is 0. The predicted octanol–water partition coefficient (Wildman–Crippen LogP) is 6.45. The molecule has 0 aliphatic heterocycles. The molecule has 0 bridgehead atoms. The Kier molecular flexibility index (Phi) is 6.81. The van der Waals surface area contributed by atoms with Gasteiger partial charge in [0, 0.05) is 12.3 Å². The summed E-state index contributed by atoms with van der Waals surface area (Å²) in [4.78, 5) is 11.6. The van der Waals surface area contributed by atoms with Gasteiger partial charge in [-0.1, -0.05) is 17.7 Å². The van der Waals surface area contributed by atoms with E-state index in [1.54, 1.807) is 18.3 Å². The fourth-order valence-electron chi connectivity index (χ4n) is 2.66. The van der Waals surface area contributed by atoms with Gasteiger partial charge >= 0.3 is 6.18 Å². The van der Waals surface area contributed by atoms with Crippen LogP contribution in [0, 0.1) is 0 Å². The van der Waals surface area contributed by atoms with Gasteiger partial charge in [-0.2, -0.15) is 13.2 Å². The largest absolute Gasteiger partial charge is 0.439 e. The van der Waals surface area contributed by atoms with Crippen molar-refractivity contribution in [3.8, 4) is 11.6 Å². The highest BCUT2D eigenvalue weighted by Gasteiger charge is 2.30. The predicted molar refractivity (Wildman–Crippen MR) is 99.8 cm³/mol. The Morgan fingerprint density at radius 2 is 1.67 bits per heavy atom. The number of benzene rings is 1. The van der Waals surface area contributed by atoms with Gasteiger partial charge in [0.25, 0.3) is 6.43 Å². The standard InChI is InChI=1S/C20H15ClF5N3O/c21-17-15(28-11-29-18(17)19(22)23)3-1-2-12-4-9-16(27-10-12)30-14-7-5-13(6-8-14)20(24,25)26/h4-11,19H,1-3H2. The summed E-state index contributed by atoms with van der Waals surface area (Å²) < 4.78 is 68.8. The van der Waals surface area contributed by atoms with Crippen molar-refractivity contribution in [2.75, 3.05) is 0 Å². The molecule has 0 unspecified atom stereocenters. The summed E-state index contributed by atoms with van der Waals surface area (Å²) in [5.74, 6) is 0.468. The Morgan fingerprint density at radius 3 is 2.27 bits per heavy atom. The molecule has 0 aliphatic carbocycles. The first kappa shape index (κ1) is 21.9. The van der Waals surface area contributed by atoms with E-state index in [0.29, 0.717) is 25.0 Å². The van der Waals surface area contributed by atoms with Crippen LogP contribution in [0.25, 0.3) is 0 Å². The molecular weight excluding hydrogens is 429 g/mol. The van der Waals surface area contributed by atoms with Crippen LogP contribution in [0.2, 0.25) is 5.02 Å². The maximum Gasteiger partial charge on any atom is 0.416 e. The molecule has 2 aromatic heterocycles. The lowest BCUT2D eigenvalue weighted by Crippen LogP contribution is -2.04. The van der Waals surface area contributed by atoms with Crippen LogP contribution < -0.4 is 4.74 Å². The zero-order valence-corrected chi connectivity index (χ0v) is 16.1. The number of alkyl halides is 5. The second-order valence-electron chi connectivity index (χ2n) is 6.30. The van der Waals surface area contributed by atoms with Crippen LogP contribution in [0.1, 0.15) is 35.4 Å². The molecule has 0 atom stereocenters. The number of aromatic nitrogens is 3. The molecule has 10 heteroatoms. The van der Waals surface area contributed by atoms with Gasteiger partial charge in [-0.25, -0.2) is 23.7 Å². The highest BCUT2D eigenvalue weighted by atomic mass is 35.5. The Morgan fingerprint density at radius 1 is 0.933 bits per heavy atom. The number of rotatable bonds is 7. The fourth-order valence-corrected chi connectivity index (χ4v) is 2.93. The molecule has 0 aliphatic rings. The maximum atomic E-state index is 12.8.